The molecule has 1 aliphatic heterocycles. The van der Waals surface area contributed by atoms with E-state index in [1.807, 2.05) is 6.92 Å². The Morgan fingerprint density at radius 3 is 2.52 bits per heavy atom. The Labute approximate surface area is 151 Å². The molecule has 1 aliphatic rings. The molecule has 2 aromatic heterocycles. The lowest BCUT2D eigenvalue weighted by atomic mass is 9.95. The minimum Gasteiger partial charge on any atom is -0.492 e. The van der Waals surface area contributed by atoms with Crippen molar-refractivity contribution in [2.75, 3.05) is 13.1 Å². The molecule has 3 aromatic rings. The van der Waals surface area contributed by atoms with E-state index in [1.54, 1.807) is 15.9 Å². The average molecular weight is 358 g/mol. The number of hydrogen-bond donors (Lipinski definition) is 2. The average Bonchev–Trinajstić information content (AvgIpc) is 3.09. The van der Waals surface area contributed by atoms with Crippen molar-refractivity contribution in [3.8, 4) is 5.88 Å². The van der Waals surface area contributed by atoms with Gasteiger partial charge in [0.25, 0.3) is 0 Å². The standard InChI is InChI=1S/C19H24N4OS/c1-12-4-6-15(7-5-12)16(22-10-8-13(2)9-11-22)17-18(24)23-19(25-17)20-14(3)21-23/h4-7,13,16,24H,8-11H2,1-3H3/p+1/t16-/m0/s1. The number of aryl methyl sites for hydroxylation is 2. The number of nitrogens with zero attached hydrogens (tertiary/aromatic N) is 3. The van der Waals surface area contributed by atoms with Crippen LogP contribution >= 0.6 is 11.3 Å². The van der Waals surface area contributed by atoms with Crippen molar-refractivity contribution in [1.82, 2.24) is 14.6 Å². The first-order chi connectivity index (χ1) is 12.0. The molecule has 0 spiro atoms. The van der Waals surface area contributed by atoms with Gasteiger partial charge in [0.1, 0.15) is 10.7 Å². The zero-order valence-electron chi connectivity index (χ0n) is 15.0. The molecule has 1 aromatic carbocycles. The van der Waals surface area contributed by atoms with E-state index in [-0.39, 0.29) is 11.9 Å². The van der Waals surface area contributed by atoms with Gasteiger partial charge in [0, 0.05) is 5.56 Å². The Morgan fingerprint density at radius 1 is 1.20 bits per heavy atom. The van der Waals surface area contributed by atoms with Gasteiger partial charge in [-0.05, 0) is 32.6 Å². The maximum atomic E-state index is 10.8. The van der Waals surface area contributed by atoms with Crippen LogP contribution in [-0.2, 0) is 0 Å². The molecule has 0 radical (unpaired) electrons. The monoisotopic (exact) mass is 357 g/mol. The maximum Gasteiger partial charge on any atom is 0.235 e. The van der Waals surface area contributed by atoms with Crippen molar-refractivity contribution < 1.29 is 10.0 Å². The summed E-state index contributed by atoms with van der Waals surface area (Å²) in [4.78, 5) is 7.72. The number of thiazole rings is 1. The van der Waals surface area contributed by atoms with Gasteiger partial charge in [-0.1, -0.05) is 48.1 Å². The predicted octanol–water partition coefficient (Wildman–Crippen LogP) is 2.52. The fourth-order valence-corrected chi connectivity index (χ4v) is 4.98. The SMILES string of the molecule is Cc1ccc([C@@H](c2sc3nc(C)nn3c2O)[NH+]2CCC(C)CC2)cc1. The van der Waals surface area contributed by atoms with Gasteiger partial charge in [-0.2, -0.15) is 4.52 Å². The summed E-state index contributed by atoms with van der Waals surface area (Å²) in [6.45, 7) is 8.56. The molecule has 4 rings (SSSR count). The van der Waals surface area contributed by atoms with Gasteiger partial charge >= 0.3 is 0 Å². The quantitative estimate of drug-likeness (QED) is 0.757. The van der Waals surface area contributed by atoms with Crippen molar-refractivity contribution in [2.45, 2.75) is 39.7 Å². The Morgan fingerprint density at radius 2 is 1.88 bits per heavy atom. The molecule has 5 nitrogen and oxygen atoms in total. The molecule has 0 bridgehead atoms. The zero-order chi connectivity index (χ0) is 17.6. The van der Waals surface area contributed by atoms with Crippen LogP contribution in [0.1, 0.15) is 47.6 Å². The van der Waals surface area contributed by atoms with Crippen LogP contribution in [0.4, 0.5) is 0 Å². The van der Waals surface area contributed by atoms with E-state index < -0.39 is 0 Å². The van der Waals surface area contributed by atoms with Gasteiger partial charge in [-0.15, -0.1) is 5.10 Å². The van der Waals surface area contributed by atoms with E-state index >= 15 is 0 Å². The van der Waals surface area contributed by atoms with Crippen LogP contribution in [0, 0.1) is 19.8 Å². The largest absolute Gasteiger partial charge is 0.492 e. The summed E-state index contributed by atoms with van der Waals surface area (Å²) in [5, 5.41) is 15.2. The van der Waals surface area contributed by atoms with Crippen molar-refractivity contribution in [1.29, 1.82) is 0 Å². The second-order valence-corrected chi connectivity index (χ2v) is 8.34. The van der Waals surface area contributed by atoms with Gasteiger partial charge in [0.15, 0.2) is 6.04 Å². The molecule has 0 aliphatic carbocycles. The summed E-state index contributed by atoms with van der Waals surface area (Å²) in [5.41, 5.74) is 2.51. The number of likely N-dealkylation sites (tertiary alicyclic amines) is 1. The molecule has 1 saturated heterocycles. The third-order valence-electron chi connectivity index (χ3n) is 5.30. The van der Waals surface area contributed by atoms with E-state index in [0.29, 0.717) is 5.82 Å². The van der Waals surface area contributed by atoms with Crippen LogP contribution in [0.2, 0.25) is 0 Å². The number of quaternary nitrogens is 1. The summed E-state index contributed by atoms with van der Waals surface area (Å²) in [7, 11) is 0. The summed E-state index contributed by atoms with van der Waals surface area (Å²) in [6, 6.07) is 8.86. The fraction of sp³-hybridized carbons (Fsp3) is 0.474. The number of benzene rings is 1. The highest BCUT2D eigenvalue weighted by Crippen LogP contribution is 2.35. The lowest BCUT2D eigenvalue weighted by Gasteiger charge is -2.33. The molecule has 132 valence electrons. The summed E-state index contributed by atoms with van der Waals surface area (Å²) < 4.78 is 1.59. The van der Waals surface area contributed by atoms with Gasteiger partial charge in [0.05, 0.1) is 13.1 Å². The summed E-state index contributed by atoms with van der Waals surface area (Å²) in [6.07, 6.45) is 2.47. The van der Waals surface area contributed by atoms with Gasteiger partial charge < -0.3 is 10.0 Å². The van der Waals surface area contributed by atoms with E-state index in [9.17, 15) is 5.11 Å². The predicted molar refractivity (Wildman–Crippen MR) is 99.4 cm³/mol. The van der Waals surface area contributed by atoms with Gasteiger partial charge in [0.2, 0.25) is 10.8 Å². The van der Waals surface area contributed by atoms with E-state index in [1.165, 1.54) is 28.9 Å². The maximum absolute atomic E-state index is 10.8. The van der Waals surface area contributed by atoms with Crippen LogP contribution in [0.25, 0.3) is 4.96 Å². The highest BCUT2D eigenvalue weighted by molar-refractivity contribution is 7.17. The topological polar surface area (TPSA) is 54.9 Å². The van der Waals surface area contributed by atoms with Crippen LogP contribution in [-0.4, -0.2) is 32.8 Å². The Balaban J connectivity index is 1.79. The number of fused-ring (bicyclic) bond motifs is 1. The Bertz CT molecular complexity index is 875. The fourth-order valence-electron chi connectivity index (χ4n) is 3.79. The molecule has 0 saturated carbocycles. The Hall–Kier alpha value is -1.92. The molecule has 0 unspecified atom stereocenters. The normalized spacial score (nSPS) is 22.4. The number of rotatable bonds is 3. The van der Waals surface area contributed by atoms with Crippen LogP contribution < -0.4 is 4.90 Å². The minimum absolute atomic E-state index is 0.141. The summed E-state index contributed by atoms with van der Waals surface area (Å²) in [5.74, 6) is 1.73. The molecular formula is C19H25N4OS+. The highest BCUT2D eigenvalue weighted by atomic mass is 32.1. The van der Waals surface area contributed by atoms with Crippen molar-refractivity contribution >= 4 is 16.3 Å². The highest BCUT2D eigenvalue weighted by Gasteiger charge is 2.34. The van der Waals surface area contributed by atoms with Gasteiger partial charge in [-0.25, -0.2) is 4.98 Å². The van der Waals surface area contributed by atoms with Crippen molar-refractivity contribution in [2.24, 2.45) is 5.92 Å². The van der Waals surface area contributed by atoms with Crippen LogP contribution in [0.5, 0.6) is 5.88 Å². The first-order valence-corrected chi connectivity index (χ1v) is 9.80. The molecule has 25 heavy (non-hydrogen) atoms. The van der Waals surface area contributed by atoms with Crippen molar-refractivity contribution in [3.63, 3.8) is 0 Å². The molecule has 6 heteroatoms. The van der Waals surface area contributed by atoms with E-state index in [4.69, 9.17) is 0 Å². The molecular weight excluding hydrogens is 332 g/mol. The molecule has 3 heterocycles. The molecule has 0 amide bonds. The second-order valence-electron chi connectivity index (χ2n) is 7.33. The van der Waals surface area contributed by atoms with Crippen LogP contribution in [0.3, 0.4) is 0 Å². The van der Waals surface area contributed by atoms with E-state index in [2.05, 4.69) is 48.2 Å². The Kier molecular flexibility index (Phi) is 4.25. The van der Waals surface area contributed by atoms with Gasteiger partial charge in [-0.3, -0.25) is 0 Å². The number of nitrogens with one attached hydrogen (secondary N) is 1. The lowest BCUT2D eigenvalue weighted by molar-refractivity contribution is -0.931. The number of hydrogen-bond acceptors (Lipinski definition) is 4. The smallest absolute Gasteiger partial charge is 0.235 e. The first kappa shape index (κ1) is 16.5. The van der Waals surface area contributed by atoms with Crippen LogP contribution in [0.15, 0.2) is 24.3 Å². The summed E-state index contributed by atoms with van der Waals surface area (Å²) >= 11 is 1.56. The number of piperidine rings is 1. The minimum atomic E-state index is 0.141. The first-order valence-electron chi connectivity index (χ1n) is 8.99. The van der Waals surface area contributed by atoms with Crippen molar-refractivity contribution in [3.05, 3.63) is 46.1 Å². The lowest BCUT2D eigenvalue weighted by Crippen LogP contribution is -3.13. The molecule has 1 atom stereocenters. The third kappa shape index (κ3) is 3.04. The van der Waals surface area contributed by atoms with E-state index in [0.717, 1.165) is 28.8 Å². The molecule has 1 fully saturated rings. The second kappa shape index (κ2) is 6.42. The molecule has 2 N–H and O–H groups in total. The zero-order valence-corrected chi connectivity index (χ0v) is 15.8. The number of aromatic hydroxyl groups is 1. The third-order valence-corrected chi connectivity index (χ3v) is 6.39. The number of aromatic nitrogens is 3.